The van der Waals surface area contributed by atoms with E-state index in [4.69, 9.17) is 10.2 Å². The number of carboxylic acids is 1. The number of carboxylic acid groups (broad SMARTS) is 1. The molecule has 0 bridgehead atoms. The van der Waals surface area contributed by atoms with Gasteiger partial charge in [0.25, 0.3) is 0 Å². The lowest BCUT2D eigenvalue weighted by Crippen LogP contribution is -2.22. The molecule has 4 heteroatoms. The highest BCUT2D eigenvalue weighted by Crippen LogP contribution is 2.18. The number of hydrogen-bond donors (Lipinski definition) is 2. The summed E-state index contributed by atoms with van der Waals surface area (Å²) in [6, 6.07) is 0. The molecule has 0 amide bonds. The van der Waals surface area contributed by atoms with E-state index in [0.29, 0.717) is 0 Å². The number of hydrogen-bond acceptors (Lipinski definition) is 3. The average Bonchev–Trinajstić information content (AvgIpc) is 2.18. The summed E-state index contributed by atoms with van der Waals surface area (Å²) in [5, 5.41) is 17.4. The highest BCUT2D eigenvalue weighted by atomic mass is 16.4. The lowest BCUT2D eigenvalue weighted by atomic mass is 10.0. The Morgan fingerprint density at radius 1 is 1.64 bits per heavy atom. The predicted octanol–water partition coefficient (Wildman–Crippen LogP) is -0.423. The Hall–Kier alpha value is -1.16. The molecule has 1 rings (SSSR count). The van der Waals surface area contributed by atoms with Gasteiger partial charge in [-0.05, 0) is 6.08 Å². The molecule has 0 aliphatic heterocycles. The lowest BCUT2D eigenvalue weighted by molar-refractivity contribution is -0.141. The Labute approximate surface area is 63.1 Å². The summed E-state index contributed by atoms with van der Waals surface area (Å²) in [5.74, 6) is -2.14. The van der Waals surface area contributed by atoms with Crippen LogP contribution in [0.3, 0.4) is 0 Å². The van der Waals surface area contributed by atoms with Crippen molar-refractivity contribution in [2.75, 3.05) is 0 Å². The molecule has 11 heavy (non-hydrogen) atoms. The average molecular weight is 156 g/mol. The van der Waals surface area contributed by atoms with Crippen LogP contribution in [-0.4, -0.2) is 28.1 Å². The minimum absolute atomic E-state index is 0.299. The van der Waals surface area contributed by atoms with Crippen molar-refractivity contribution in [2.45, 2.75) is 12.5 Å². The third kappa shape index (κ3) is 1.65. The number of carbonyl (C=O) groups excluding carboxylic acids is 1. The normalized spacial score (nSPS) is 29.4. The first-order valence-corrected chi connectivity index (χ1v) is 3.23. The second-order valence-corrected chi connectivity index (χ2v) is 2.46. The number of aliphatic hydroxyl groups is 1. The van der Waals surface area contributed by atoms with Crippen LogP contribution in [-0.2, 0) is 9.59 Å². The van der Waals surface area contributed by atoms with Crippen molar-refractivity contribution < 1.29 is 19.8 Å². The van der Waals surface area contributed by atoms with E-state index in [1.807, 2.05) is 0 Å². The number of aliphatic hydroxyl groups excluding tert-OH is 1. The van der Waals surface area contributed by atoms with Gasteiger partial charge in [0.1, 0.15) is 0 Å². The number of carbonyl (C=O) groups is 2. The summed E-state index contributed by atoms with van der Waals surface area (Å²) in [5.41, 5.74) is 0. The van der Waals surface area contributed by atoms with Crippen LogP contribution in [0.1, 0.15) is 6.42 Å². The molecule has 4 nitrogen and oxygen atoms in total. The Morgan fingerprint density at radius 2 is 2.27 bits per heavy atom. The third-order valence-corrected chi connectivity index (χ3v) is 1.63. The summed E-state index contributed by atoms with van der Waals surface area (Å²) in [6.07, 6.45) is 1.32. The lowest BCUT2D eigenvalue weighted by Gasteiger charge is -2.08. The van der Waals surface area contributed by atoms with Crippen LogP contribution in [0.4, 0.5) is 0 Å². The van der Waals surface area contributed by atoms with E-state index < -0.39 is 18.0 Å². The predicted molar refractivity (Wildman–Crippen MR) is 35.9 cm³/mol. The second-order valence-electron chi connectivity index (χ2n) is 2.46. The Kier molecular flexibility index (Phi) is 2.05. The molecule has 0 saturated heterocycles. The maximum atomic E-state index is 10.8. The van der Waals surface area contributed by atoms with Gasteiger partial charge in [-0.1, -0.05) is 6.08 Å². The van der Waals surface area contributed by atoms with Crippen LogP contribution < -0.4 is 0 Å². The molecule has 0 heterocycles. The van der Waals surface area contributed by atoms with Crippen LogP contribution in [0.25, 0.3) is 0 Å². The van der Waals surface area contributed by atoms with Crippen molar-refractivity contribution in [1.82, 2.24) is 0 Å². The fourth-order valence-electron chi connectivity index (χ4n) is 1.03. The molecule has 2 N–H and O–H groups in total. The fourth-order valence-corrected chi connectivity index (χ4v) is 1.03. The van der Waals surface area contributed by atoms with Gasteiger partial charge in [0.15, 0.2) is 5.78 Å². The third-order valence-electron chi connectivity index (χ3n) is 1.63. The van der Waals surface area contributed by atoms with Gasteiger partial charge in [0, 0.05) is 0 Å². The second kappa shape index (κ2) is 2.84. The zero-order valence-electron chi connectivity index (χ0n) is 5.73. The zero-order chi connectivity index (χ0) is 8.43. The largest absolute Gasteiger partial charge is 0.481 e. The molecule has 2 atom stereocenters. The van der Waals surface area contributed by atoms with Gasteiger partial charge in [-0.3, -0.25) is 9.59 Å². The van der Waals surface area contributed by atoms with Crippen molar-refractivity contribution in [1.29, 1.82) is 0 Å². The zero-order valence-corrected chi connectivity index (χ0v) is 5.73. The van der Waals surface area contributed by atoms with Crippen molar-refractivity contribution >= 4 is 11.8 Å². The first-order valence-electron chi connectivity index (χ1n) is 3.23. The van der Waals surface area contributed by atoms with Crippen LogP contribution in [0.2, 0.25) is 0 Å². The molecular weight excluding hydrogens is 148 g/mol. The van der Waals surface area contributed by atoms with Gasteiger partial charge in [0.05, 0.1) is 18.4 Å². The Bertz CT molecular complexity index is 218. The quantitative estimate of drug-likeness (QED) is 0.569. The van der Waals surface area contributed by atoms with E-state index >= 15 is 0 Å². The monoisotopic (exact) mass is 156 g/mol. The first-order chi connectivity index (χ1) is 5.11. The molecule has 0 radical (unpaired) electrons. The molecular formula is C7H8O4. The van der Waals surface area contributed by atoms with E-state index in [9.17, 15) is 9.59 Å². The molecule has 0 aromatic carbocycles. The molecule has 0 spiro atoms. The van der Waals surface area contributed by atoms with E-state index in [1.54, 1.807) is 0 Å². The summed E-state index contributed by atoms with van der Waals surface area (Å²) in [4.78, 5) is 21.0. The maximum absolute atomic E-state index is 10.8. The minimum atomic E-state index is -1.06. The molecule has 0 aromatic rings. The number of ketones is 1. The van der Waals surface area contributed by atoms with Crippen LogP contribution in [0, 0.1) is 5.92 Å². The summed E-state index contributed by atoms with van der Waals surface area (Å²) < 4.78 is 0. The molecule has 0 aromatic heterocycles. The van der Waals surface area contributed by atoms with Gasteiger partial charge in [-0.2, -0.15) is 0 Å². The minimum Gasteiger partial charge on any atom is -0.481 e. The highest BCUT2D eigenvalue weighted by Gasteiger charge is 2.30. The van der Waals surface area contributed by atoms with Crippen molar-refractivity contribution in [2.24, 2.45) is 5.92 Å². The van der Waals surface area contributed by atoms with Gasteiger partial charge < -0.3 is 10.2 Å². The van der Waals surface area contributed by atoms with Crippen molar-refractivity contribution in [3.63, 3.8) is 0 Å². The van der Waals surface area contributed by atoms with Gasteiger partial charge in [-0.15, -0.1) is 0 Å². The molecule has 0 fully saturated rings. The summed E-state index contributed by atoms with van der Waals surface area (Å²) >= 11 is 0. The maximum Gasteiger partial charge on any atom is 0.304 e. The molecule has 0 saturated carbocycles. The molecule has 1 aliphatic carbocycles. The first kappa shape index (κ1) is 7.94. The van der Waals surface area contributed by atoms with E-state index in [1.165, 1.54) is 12.2 Å². The summed E-state index contributed by atoms with van der Waals surface area (Å²) in [7, 11) is 0. The SMILES string of the molecule is O=C(O)CC1C(=O)C=CC1O. The van der Waals surface area contributed by atoms with Gasteiger partial charge in [0.2, 0.25) is 0 Å². The van der Waals surface area contributed by atoms with Crippen molar-refractivity contribution in [3.8, 4) is 0 Å². The van der Waals surface area contributed by atoms with Crippen LogP contribution in [0.15, 0.2) is 12.2 Å². The summed E-state index contributed by atoms with van der Waals surface area (Å²) in [6.45, 7) is 0. The van der Waals surface area contributed by atoms with E-state index in [0.717, 1.165) is 0 Å². The number of allylic oxidation sites excluding steroid dienone is 1. The number of aliphatic carboxylic acids is 1. The molecule has 2 unspecified atom stereocenters. The Balaban J connectivity index is 2.59. The van der Waals surface area contributed by atoms with Crippen LogP contribution in [0.5, 0.6) is 0 Å². The fraction of sp³-hybridized carbons (Fsp3) is 0.429. The van der Waals surface area contributed by atoms with Gasteiger partial charge in [-0.25, -0.2) is 0 Å². The number of rotatable bonds is 2. The van der Waals surface area contributed by atoms with E-state index in [2.05, 4.69) is 0 Å². The highest BCUT2D eigenvalue weighted by molar-refractivity contribution is 5.96. The van der Waals surface area contributed by atoms with Crippen molar-refractivity contribution in [3.05, 3.63) is 12.2 Å². The van der Waals surface area contributed by atoms with Gasteiger partial charge >= 0.3 is 5.97 Å². The van der Waals surface area contributed by atoms with Crippen LogP contribution >= 0.6 is 0 Å². The smallest absolute Gasteiger partial charge is 0.304 e. The van der Waals surface area contributed by atoms with E-state index in [-0.39, 0.29) is 12.2 Å². The molecule has 60 valence electrons. The standard InChI is InChI=1S/C7H8O4/c8-5-1-2-6(9)4(5)3-7(10)11/h1-2,4-5,8H,3H2,(H,10,11). The topological polar surface area (TPSA) is 74.6 Å². The molecule has 1 aliphatic rings. The Morgan fingerprint density at radius 3 is 2.64 bits per heavy atom.